The van der Waals surface area contributed by atoms with E-state index in [1.54, 1.807) is 24.1 Å². The summed E-state index contributed by atoms with van der Waals surface area (Å²) in [6.07, 6.45) is 1.31. The van der Waals surface area contributed by atoms with Gasteiger partial charge in [0.1, 0.15) is 0 Å². The smallest absolute Gasteiger partial charge is 0.298 e. The van der Waals surface area contributed by atoms with Gasteiger partial charge < -0.3 is 15.4 Å². The first kappa shape index (κ1) is 15.9. The zero-order chi connectivity index (χ0) is 15.1. The second kappa shape index (κ2) is 7.47. The number of hydrogen-bond acceptors (Lipinski definition) is 4. The quantitative estimate of drug-likeness (QED) is 0.735. The van der Waals surface area contributed by atoms with E-state index in [1.165, 1.54) is 0 Å². The summed E-state index contributed by atoms with van der Waals surface area (Å²) in [6.45, 7) is 2.53. The van der Waals surface area contributed by atoms with Gasteiger partial charge in [-0.2, -0.15) is 0 Å². The fraction of sp³-hybridized carbons (Fsp3) is 0.429. The lowest BCUT2D eigenvalue weighted by molar-refractivity contribution is -0.121. The number of carbonyl (C=O) groups excluding carboxylic acids is 2. The van der Waals surface area contributed by atoms with Crippen molar-refractivity contribution in [3.63, 3.8) is 0 Å². The molecule has 5 nitrogen and oxygen atoms in total. The standard InChI is InChI=1S/C14H19FN2O3/c1-3-10-6-7-11(14(13(10)15)20-9-18)17(2)8-4-5-12(16)19/h6-7,9H,3-5,8H2,1-2H3,(H2,16,19). The van der Waals surface area contributed by atoms with Gasteiger partial charge in [0.25, 0.3) is 6.47 Å². The lowest BCUT2D eigenvalue weighted by Crippen LogP contribution is -2.22. The molecule has 6 heteroatoms. The van der Waals surface area contributed by atoms with Gasteiger partial charge in [-0.25, -0.2) is 4.39 Å². The molecule has 0 atom stereocenters. The molecule has 0 unspecified atom stereocenters. The lowest BCUT2D eigenvalue weighted by atomic mass is 10.1. The van der Waals surface area contributed by atoms with Gasteiger partial charge in [0.05, 0.1) is 5.69 Å². The number of ether oxygens (including phenoxy) is 1. The van der Waals surface area contributed by atoms with E-state index >= 15 is 0 Å². The molecular formula is C14H19FN2O3. The summed E-state index contributed by atoms with van der Waals surface area (Å²) >= 11 is 0. The minimum absolute atomic E-state index is 0.0825. The molecule has 0 aromatic heterocycles. The number of anilines is 1. The van der Waals surface area contributed by atoms with Crippen LogP contribution in [0, 0.1) is 5.82 Å². The van der Waals surface area contributed by atoms with Crippen molar-refractivity contribution in [3.05, 3.63) is 23.5 Å². The maximum atomic E-state index is 14.1. The first-order valence-electron chi connectivity index (χ1n) is 6.42. The minimum Gasteiger partial charge on any atom is -0.423 e. The van der Waals surface area contributed by atoms with E-state index in [9.17, 15) is 14.0 Å². The van der Waals surface area contributed by atoms with Crippen LogP contribution in [-0.2, 0) is 16.0 Å². The van der Waals surface area contributed by atoms with Crippen molar-refractivity contribution in [1.29, 1.82) is 0 Å². The van der Waals surface area contributed by atoms with Gasteiger partial charge in [-0.05, 0) is 24.5 Å². The number of nitrogens with zero attached hydrogens (tertiary/aromatic N) is 1. The van der Waals surface area contributed by atoms with Gasteiger partial charge in [-0.15, -0.1) is 0 Å². The molecule has 1 amide bonds. The molecule has 20 heavy (non-hydrogen) atoms. The van der Waals surface area contributed by atoms with Crippen molar-refractivity contribution in [3.8, 4) is 5.75 Å². The number of hydrogen-bond donors (Lipinski definition) is 1. The minimum atomic E-state index is -0.529. The molecule has 0 aliphatic carbocycles. The number of benzene rings is 1. The molecule has 0 heterocycles. The Morgan fingerprint density at radius 2 is 2.20 bits per heavy atom. The van der Waals surface area contributed by atoms with Gasteiger partial charge >= 0.3 is 0 Å². The van der Waals surface area contributed by atoms with Crippen molar-refractivity contribution in [2.75, 3.05) is 18.5 Å². The van der Waals surface area contributed by atoms with Crippen LogP contribution in [-0.4, -0.2) is 26.0 Å². The number of rotatable bonds is 8. The molecule has 1 aromatic carbocycles. The van der Waals surface area contributed by atoms with E-state index in [0.29, 0.717) is 30.6 Å². The molecule has 2 N–H and O–H groups in total. The zero-order valence-corrected chi connectivity index (χ0v) is 11.7. The highest BCUT2D eigenvalue weighted by Gasteiger charge is 2.17. The maximum Gasteiger partial charge on any atom is 0.298 e. The summed E-state index contributed by atoms with van der Waals surface area (Å²) in [4.78, 5) is 23.0. The Labute approximate surface area is 117 Å². The zero-order valence-electron chi connectivity index (χ0n) is 11.7. The van der Waals surface area contributed by atoms with Crippen LogP contribution in [0.25, 0.3) is 0 Å². The Morgan fingerprint density at radius 3 is 2.75 bits per heavy atom. The average molecular weight is 282 g/mol. The Bertz CT molecular complexity index is 492. The fourth-order valence-corrected chi connectivity index (χ4v) is 1.93. The number of halogens is 1. The SMILES string of the molecule is CCc1ccc(N(C)CCCC(N)=O)c(OC=O)c1F. The van der Waals surface area contributed by atoms with Crippen molar-refractivity contribution in [1.82, 2.24) is 0 Å². The van der Waals surface area contributed by atoms with E-state index in [2.05, 4.69) is 0 Å². The lowest BCUT2D eigenvalue weighted by Gasteiger charge is -2.22. The van der Waals surface area contributed by atoms with Gasteiger partial charge in [-0.1, -0.05) is 13.0 Å². The third-order valence-electron chi connectivity index (χ3n) is 3.03. The predicted molar refractivity (Wildman–Crippen MR) is 74.2 cm³/mol. The first-order chi connectivity index (χ1) is 9.51. The molecular weight excluding hydrogens is 263 g/mol. The summed E-state index contributed by atoms with van der Waals surface area (Å²) in [5, 5.41) is 0. The molecule has 0 radical (unpaired) electrons. The van der Waals surface area contributed by atoms with Crippen LogP contribution in [0.15, 0.2) is 12.1 Å². The number of nitrogens with two attached hydrogens (primary N) is 1. The first-order valence-corrected chi connectivity index (χ1v) is 6.42. The van der Waals surface area contributed by atoms with Gasteiger partial charge in [0.15, 0.2) is 11.6 Å². The van der Waals surface area contributed by atoms with Gasteiger partial charge in [-0.3, -0.25) is 9.59 Å². The Morgan fingerprint density at radius 1 is 1.50 bits per heavy atom. The van der Waals surface area contributed by atoms with E-state index in [1.807, 2.05) is 6.92 Å². The third kappa shape index (κ3) is 3.94. The number of aryl methyl sites for hydroxylation is 1. The molecule has 1 rings (SSSR count). The molecule has 0 saturated carbocycles. The van der Waals surface area contributed by atoms with E-state index in [-0.39, 0.29) is 24.5 Å². The van der Waals surface area contributed by atoms with Crippen molar-refractivity contribution in [2.45, 2.75) is 26.2 Å². The second-order valence-corrected chi connectivity index (χ2v) is 4.45. The Hall–Kier alpha value is -2.11. The van der Waals surface area contributed by atoms with Crippen LogP contribution >= 0.6 is 0 Å². The van der Waals surface area contributed by atoms with Crippen molar-refractivity contribution in [2.24, 2.45) is 5.73 Å². The van der Waals surface area contributed by atoms with Crippen LogP contribution < -0.4 is 15.4 Å². The summed E-state index contributed by atoms with van der Waals surface area (Å²) in [5.41, 5.74) is 6.02. The Kier molecular flexibility index (Phi) is 5.96. The monoisotopic (exact) mass is 282 g/mol. The average Bonchev–Trinajstić information content (AvgIpc) is 2.40. The molecule has 1 aromatic rings. The highest BCUT2D eigenvalue weighted by molar-refractivity contribution is 5.73. The number of carbonyl (C=O) groups is 2. The normalized spacial score (nSPS) is 10.2. The van der Waals surface area contributed by atoms with Crippen LogP contribution in [0.3, 0.4) is 0 Å². The predicted octanol–water partition coefficient (Wildman–Crippen LogP) is 1.62. The Balaban J connectivity index is 2.94. The summed E-state index contributed by atoms with van der Waals surface area (Å²) in [7, 11) is 1.74. The largest absolute Gasteiger partial charge is 0.423 e. The van der Waals surface area contributed by atoms with Crippen LogP contribution in [0.2, 0.25) is 0 Å². The van der Waals surface area contributed by atoms with Crippen LogP contribution in [0.4, 0.5) is 10.1 Å². The molecule has 0 bridgehead atoms. The van der Waals surface area contributed by atoms with E-state index < -0.39 is 5.82 Å². The number of primary amides is 1. The molecule has 0 fully saturated rings. The molecule has 0 aliphatic heterocycles. The molecule has 110 valence electrons. The molecule has 0 aliphatic rings. The van der Waals surface area contributed by atoms with E-state index in [4.69, 9.17) is 10.5 Å². The molecule has 0 saturated heterocycles. The number of amides is 1. The topological polar surface area (TPSA) is 72.6 Å². The second-order valence-electron chi connectivity index (χ2n) is 4.45. The highest BCUT2D eigenvalue weighted by atomic mass is 19.1. The summed E-state index contributed by atoms with van der Waals surface area (Å²) in [6, 6.07) is 3.36. The maximum absolute atomic E-state index is 14.1. The third-order valence-corrected chi connectivity index (χ3v) is 3.03. The van der Waals surface area contributed by atoms with Crippen molar-refractivity contribution >= 4 is 18.1 Å². The van der Waals surface area contributed by atoms with Gasteiger partial charge in [0, 0.05) is 20.0 Å². The molecule has 0 spiro atoms. The van der Waals surface area contributed by atoms with Crippen LogP contribution in [0.1, 0.15) is 25.3 Å². The highest BCUT2D eigenvalue weighted by Crippen LogP contribution is 2.32. The van der Waals surface area contributed by atoms with Gasteiger partial charge in [0.2, 0.25) is 5.91 Å². The summed E-state index contributed by atoms with van der Waals surface area (Å²) < 4.78 is 18.9. The van der Waals surface area contributed by atoms with Crippen LogP contribution in [0.5, 0.6) is 5.75 Å². The van der Waals surface area contributed by atoms with E-state index in [0.717, 1.165) is 0 Å². The van der Waals surface area contributed by atoms with Crippen molar-refractivity contribution < 1.29 is 18.7 Å². The fourth-order valence-electron chi connectivity index (χ4n) is 1.93. The summed E-state index contributed by atoms with van der Waals surface area (Å²) in [5.74, 6) is -0.991.